The Kier molecular flexibility index (Phi) is 7.20. The highest BCUT2D eigenvalue weighted by atomic mass is 35.5. The van der Waals surface area contributed by atoms with Crippen molar-refractivity contribution < 1.29 is 22.3 Å². The number of nitrogens with one attached hydrogen (secondary N) is 2. The molecule has 9 heteroatoms. The van der Waals surface area contributed by atoms with Gasteiger partial charge in [0.2, 0.25) is 0 Å². The van der Waals surface area contributed by atoms with Crippen LogP contribution in [0.3, 0.4) is 0 Å². The maximum Gasteiger partial charge on any atom is 0.261 e. The number of rotatable bonds is 7. The SMILES string of the molecule is C[C@@H](Oc1ccc(S(=O)(=O)Nc2ccc(F)c(Cl)c2)cc1)C(=O)NC1CCCCC1. The van der Waals surface area contributed by atoms with E-state index >= 15 is 0 Å². The second-order valence-electron chi connectivity index (χ2n) is 7.31. The first-order valence-corrected chi connectivity index (χ1v) is 11.7. The van der Waals surface area contributed by atoms with E-state index in [-0.39, 0.29) is 27.6 Å². The van der Waals surface area contributed by atoms with Gasteiger partial charge in [-0.1, -0.05) is 30.9 Å². The summed E-state index contributed by atoms with van der Waals surface area (Å²) >= 11 is 5.69. The number of carbonyl (C=O) groups is 1. The first kappa shape index (κ1) is 22.4. The lowest BCUT2D eigenvalue weighted by atomic mass is 9.95. The van der Waals surface area contributed by atoms with Gasteiger partial charge in [0.25, 0.3) is 15.9 Å². The number of hydrogen-bond donors (Lipinski definition) is 2. The minimum Gasteiger partial charge on any atom is -0.481 e. The van der Waals surface area contributed by atoms with Crippen molar-refractivity contribution in [1.29, 1.82) is 0 Å². The van der Waals surface area contributed by atoms with Gasteiger partial charge in [0, 0.05) is 6.04 Å². The summed E-state index contributed by atoms with van der Waals surface area (Å²) in [6, 6.07) is 9.45. The number of hydrogen-bond acceptors (Lipinski definition) is 4. The number of anilines is 1. The van der Waals surface area contributed by atoms with Gasteiger partial charge < -0.3 is 10.1 Å². The fourth-order valence-corrected chi connectivity index (χ4v) is 4.52. The molecule has 0 spiro atoms. The van der Waals surface area contributed by atoms with Crippen LogP contribution in [-0.2, 0) is 14.8 Å². The van der Waals surface area contributed by atoms with Gasteiger partial charge >= 0.3 is 0 Å². The smallest absolute Gasteiger partial charge is 0.261 e. The number of ether oxygens (including phenoxy) is 1. The number of sulfonamides is 1. The van der Waals surface area contributed by atoms with Crippen LogP contribution in [0, 0.1) is 5.82 Å². The van der Waals surface area contributed by atoms with E-state index in [1.807, 2.05) is 0 Å². The molecule has 0 unspecified atom stereocenters. The molecule has 1 atom stereocenters. The summed E-state index contributed by atoms with van der Waals surface area (Å²) < 4.78 is 46.2. The normalized spacial score (nSPS) is 16.0. The number of carbonyl (C=O) groups excluding carboxylic acids is 1. The Bertz CT molecular complexity index is 993. The molecule has 2 N–H and O–H groups in total. The van der Waals surface area contributed by atoms with Crippen molar-refractivity contribution in [3.63, 3.8) is 0 Å². The zero-order chi connectivity index (χ0) is 21.7. The van der Waals surface area contributed by atoms with Crippen LogP contribution in [0.15, 0.2) is 47.4 Å². The lowest BCUT2D eigenvalue weighted by Gasteiger charge is -2.24. The highest BCUT2D eigenvalue weighted by molar-refractivity contribution is 7.92. The summed E-state index contributed by atoms with van der Waals surface area (Å²) in [5.41, 5.74) is 0.148. The number of halogens is 2. The van der Waals surface area contributed by atoms with Crippen molar-refractivity contribution in [2.24, 2.45) is 0 Å². The molecule has 2 aromatic carbocycles. The molecule has 1 amide bonds. The molecular weight excluding hydrogens is 431 g/mol. The molecule has 6 nitrogen and oxygen atoms in total. The Labute approximate surface area is 180 Å². The molecule has 0 heterocycles. The van der Waals surface area contributed by atoms with Crippen molar-refractivity contribution >= 4 is 33.2 Å². The second kappa shape index (κ2) is 9.66. The maximum atomic E-state index is 13.2. The highest BCUT2D eigenvalue weighted by Gasteiger charge is 2.21. The Morgan fingerprint density at radius 3 is 2.43 bits per heavy atom. The van der Waals surface area contributed by atoms with Gasteiger partial charge in [0.1, 0.15) is 11.6 Å². The van der Waals surface area contributed by atoms with Crippen LogP contribution in [-0.4, -0.2) is 26.5 Å². The molecule has 1 aliphatic rings. The van der Waals surface area contributed by atoms with Crippen LogP contribution < -0.4 is 14.8 Å². The molecule has 0 radical (unpaired) electrons. The lowest BCUT2D eigenvalue weighted by Crippen LogP contribution is -2.43. The molecule has 1 saturated carbocycles. The maximum absolute atomic E-state index is 13.2. The molecule has 3 rings (SSSR count). The van der Waals surface area contributed by atoms with Crippen molar-refractivity contribution in [3.05, 3.63) is 53.3 Å². The van der Waals surface area contributed by atoms with Gasteiger partial charge in [-0.2, -0.15) is 0 Å². The van der Waals surface area contributed by atoms with Gasteiger partial charge in [0.05, 0.1) is 15.6 Å². The zero-order valence-corrected chi connectivity index (χ0v) is 18.1. The van der Waals surface area contributed by atoms with Crippen LogP contribution >= 0.6 is 11.6 Å². The Hall–Kier alpha value is -2.32. The highest BCUT2D eigenvalue weighted by Crippen LogP contribution is 2.24. The van der Waals surface area contributed by atoms with Crippen LogP contribution in [0.1, 0.15) is 39.0 Å². The van der Waals surface area contributed by atoms with Crippen molar-refractivity contribution in [2.45, 2.75) is 56.1 Å². The van der Waals surface area contributed by atoms with E-state index in [2.05, 4.69) is 10.0 Å². The fraction of sp³-hybridized carbons (Fsp3) is 0.381. The third kappa shape index (κ3) is 5.86. The van der Waals surface area contributed by atoms with Gasteiger partial charge in [-0.3, -0.25) is 9.52 Å². The standard InChI is InChI=1S/C21H24ClFN2O4S/c1-14(21(26)24-15-5-3-2-4-6-15)29-17-8-10-18(11-9-17)30(27,28)25-16-7-12-20(23)19(22)13-16/h7-15,25H,2-6H2,1H3,(H,24,26)/t14-/m1/s1. The predicted molar refractivity (Wildman–Crippen MR) is 114 cm³/mol. The van der Waals surface area contributed by atoms with Gasteiger partial charge in [0.15, 0.2) is 6.10 Å². The molecule has 30 heavy (non-hydrogen) atoms. The predicted octanol–water partition coefficient (Wildman–Crippen LogP) is 4.50. The Morgan fingerprint density at radius 2 is 1.80 bits per heavy atom. The molecule has 2 aromatic rings. The van der Waals surface area contributed by atoms with E-state index in [0.717, 1.165) is 31.7 Å². The summed E-state index contributed by atoms with van der Waals surface area (Å²) in [7, 11) is -3.89. The average molecular weight is 455 g/mol. The lowest BCUT2D eigenvalue weighted by molar-refractivity contribution is -0.128. The molecule has 0 saturated heterocycles. The van der Waals surface area contributed by atoms with Crippen LogP contribution in [0.2, 0.25) is 5.02 Å². The Morgan fingerprint density at radius 1 is 1.13 bits per heavy atom. The number of amides is 1. The molecular formula is C21H24ClFN2O4S. The van der Waals surface area contributed by atoms with Crippen molar-refractivity contribution in [3.8, 4) is 5.75 Å². The van der Waals surface area contributed by atoms with E-state index in [1.54, 1.807) is 6.92 Å². The first-order chi connectivity index (χ1) is 14.2. The summed E-state index contributed by atoms with van der Waals surface area (Å²) in [5, 5.41) is 2.82. The van der Waals surface area contributed by atoms with Crippen molar-refractivity contribution in [2.75, 3.05) is 4.72 Å². The van der Waals surface area contributed by atoms with Crippen LogP contribution in [0.4, 0.5) is 10.1 Å². The summed E-state index contributed by atoms with van der Waals surface area (Å²) in [6.45, 7) is 1.66. The first-order valence-electron chi connectivity index (χ1n) is 9.79. The number of benzene rings is 2. The molecule has 0 aromatic heterocycles. The second-order valence-corrected chi connectivity index (χ2v) is 9.40. The van der Waals surface area contributed by atoms with E-state index < -0.39 is 21.9 Å². The van der Waals surface area contributed by atoms with Crippen LogP contribution in [0.5, 0.6) is 5.75 Å². The third-order valence-corrected chi connectivity index (χ3v) is 6.63. The molecule has 1 fully saturated rings. The van der Waals surface area contributed by atoms with Crippen molar-refractivity contribution in [1.82, 2.24) is 5.32 Å². The largest absolute Gasteiger partial charge is 0.481 e. The zero-order valence-electron chi connectivity index (χ0n) is 16.5. The van der Waals surface area contributed by atoms with Gasteiger partial charge in [-0.05, 0) is 62.2 Å². The van der Waals surface area contributed by atoms with Gasteiger partial charge in [-0.15, -0.1) is 0 Å². The minimum absolute atomic E-state index is 0.00499. The minimum atomic E-state index is -3.89. The topological polar surface area (TPSA) is 84.5 Å². The fourth-order valence-electron chi connectivity index (χ4n) is 3.29. The van der Waals surface area contributed by atoms with E-state index in [4.69, 9.17) is 16.3 Å². The monoisotopic (exact) mass is 454 g/mol. The van der Waals surface area contributed by atoms with E-state index in [9.17, 15) is 17.6 Å². The summed E-state index contributed by atoms with van der Waals surface area (Å²) in [6.07, 6.45) is 4.71. The molecule has 0 aliphatic heterocycles. The summed E-state index contributed by atoms with van der Waals surface area (Å²) in [5.74, 6) is -0.443. The average Bonchev–Trinajstić information content (AvgIpc) is 2.71. The third-order valence-electron chi connectivity index (χ3n) is 4.94. The molecule has 162 valence electrons. The van der Waals surface area contributed by atoms with Gasteiger partial charge in [-0.25, -0.2) is 12.8 Å². The van der Waals surface area contributed by atoms with E-state index in [1.165, 1.54) is 42.8 Å². The summed E-state index contributed by atoms with van der Waals surface area (Å²) in [4.78, 5) is 12.3. The molecule has 0 bridgehead atoms. The quantitative estimate of drug-likeness (QED) is 0.645. The van der Waals surface area contributed by atoms with E-state index in [0.29, 0.717) is 5.75 Å². The Balaban J connectivity index is 1.60. The van der Waals surface area contributed by atoms with Crippen LogP contribution in [0.25, 0.3) is 0 Å². The molecule has 1 aliphatic carbocycles.